The Kier molecular flexibility index (Phi) is 2.99. The minimum atomic E-state index is 0.558. The van der Waals surface area contributed by atoms with Crippen LogP contribution in [-0.2, 0) is 0 Å². The van der Waals surface area contributed by atoms with Crippen molar-refractivity contribution in [3.63, 3.8) is 0 Å². The summed E-state index contributed by atoms with van der Waals surface area (Å²) < 4.78 is 0. The quantitative estimate of drug-likeness (QED) is 0.720. The van der Waals surface area contributed by atoms with Gasteiger partial charge in [-0.2, -0.15) is 0 Å². The van der Waals surface area contributed by atoms with Gasteiger partial charge >= 0.3 is 0 Å². The first-order chi connectivity index (χ1) is 6.84. The predicted molar refractivity (Wildman–Crippen MR) is 57.8 cm³/mol. The van der Waals surface area contributed by atoms with E-state index in [1.165, 1.54) is 0 Å². The molecule has 1 aliphatic heterocycles. The number of anilines is 1. The Morgan fingerprint density at radius 3 is 2.79 bits per heavy atom. The largest absolute Gasteiger partial charge is 0.459 e. The van der Waals surface area contributed by atoms with Crippen LogP contribution in [0.2, 0.25) is 0 Å². The number of aromatic nitrogens is 1. The zero-order valence-corrected chi connectivity index (χ0v) is 8.32. The van der Waals surface area contributed by atoms with Gasteiger partial charge in [0.2, 0.25) is 0 Å². The average Bonchev–Trinajstić information content (AvgIpc) is 2.23. The van der Waals surface area contributed by atoms with Crippen LogP contribution in [-0.4, -0.2) is 29.0 Å². The summed E-state index contributed by atoms with van der Waals surface area (Å²) in [6.07, 6.45) is 4.12. The number of hydrogen-bond acceptors (Lipinski definition) is 3. The van der Waals surface area contributed by atoms with Gasteiger partial charge in [-0.05, 0) is 38.1 Å². The van der Waals surface area contributed by atoms with Gasteiger partial charge in [0.15, 0.2) is 0 Å². The van der Waals surface area contributed by atoms with E-state index in [-0.39, 0.29) is 0 Å². The number of nitrogens with zero attached hydrogens (tertiary/aromatic N) is 2. The van der Waals surface area contributed by atoms with Crippen LogP contribution in [0.25, 0.3) is 0 Å². The normalized spacial score (nSPS) is 19.5. The van der Waals surface area contributed by atoms with Gasteiger partial charge in [0.1, 0.15) is 5.82 Å². The van der Waals surface area contributed by atoms with Gasteiger partial charge in [-0.3, -0.25) is 7.05 Å². The zero-order valence-electron chi connectivity index (χ0n) is 8.32. The van der Waals surface area contributed by atoms with E-state index in [4.69, 9.17) is 0 Å². The van der Waals surface area contributed by atoms with E-state index in [0.29, 0.717) is 6.04 Å². The third kappa shape index (κ3) is 2.45. The smallest absolute Gasteiger partial charge is 0.126 e. The van der Waals surface area contributed by atoms with Crippen LogP contribution in [0, 0.1) is 7.05 Å². The summed E-state index contributed by atoms with van der Waals surface area (Å²) >= 11 is 0. The number of likely N-dealkylation sites (tertiary alicyclic amines) is 1. The Balaban J connectivity index is 1.87. The standard InChI is InChI=1S/C11H16N3/c1-14-8-5-10(6-9-14)13-11-4-2-3-7-12-11/h2-4,7,10H,1,5-6,8-9H2,(H,12,13)/q-1. The minimum Gasteiger partial charge on any atom is -0.459 e. The lowest BCUT2D eigenvalue weighted by Crippen LogP contribution is -2.35. The molecule has 3 nitrogen and oxygen atoms in total. The molecule has 0 saturated carbocycles. The first-order valence-corrected chi connectivity index (χ1v) is 5.07. The van der Waals surface area contributed by atoms with Crippen molar-refractivity contribution >= 4 is 5.82 Å². The van der Waals surface area contributed by atoms with Crippen molar-refractivity contribution < 1.29 is 0 Å². The van der Waals surface area contributed by atoms with E-state index in [2.05, 4.69) is 22.2 Å². The first kappa shape index (κ1) is 9.46. The van der Waals surface area contributed by atoms with Gasteiger partial charge in [0.25, 0.3) is 0 Å². The molecule has 2 heterocycles. The molecule has 3 heteroatoms. The summed E-state index contributed by atoms with van der Waals surface area (Å²) in [6, 6.07) is 6.51. The topological polar surface area (TPSA) is 28.2 Å². The maximum absolute atomic E-state index is 4.25. The van der Waals surface area contributed by atoms with E-state index >= 15 is 0 Å². The molecule has 14 heavy (non-hydrogen) atoms. The zero-order chi connectivity index (χ0) is 9.80. The summed E-state index contributed by atoms with van der Waals surface area (Å²) in [5, 5.41) is 3.44. The Labute approximate surface area is 85.1 Å². The number of piperidine rings is 1. The predicted octanol–water partition coefficient (Wildman–Crippen LogP) is 1.75. The molecule has 1 fully saturated rings. The van der Waals surface area contributed by atoms with E-state index in [1.54, 1.807) is 0 Å². The highest BCUT2D eigenvalue weighted by atomic mass is 15.1. The Hall–Kier alpha value is -1.09. The third-order valence-corrected chi connectivity index (χ3v) is 2.60. The van der Waals surface area contributed by atoms with Crippen molar-refractivity contribution in [2.45, 2.75) is 18.9 Å². The second kappa shape index (κ2) is 4.42. The lowest BCUT2D eigenvalue weighted by atomic mass is 10.1. The van der Waals surface area contributed by atoms with Crippen LogP contribution in [0.1, 0.15) is 12.8 Å². The Bertz CT molecular complexity index is 265. The highest BCUT2D eigenvalue weighted by Gasteiger charge is 2.13. The van der Waals surface area contributed by atoms with Crippen LogP contribution >= 0.6 is 0 Å². The van der Waals surface area contributed by atoms with E-state index in [0.717, 1.165) is 31.7 Å². The van der Waals surface area contributed by atoms with Crippen LogP contribution in [0.5, 0.6) is 0 Å². The molecule has 0 aromatic carbocycles. The Morgan fingerprint density at radius 1 is 1.36 bits per heavy atom. The molecule has 2 rings (SSSR count). The van der Waals surface area contributed by atoms with Crippen LogP contribution < -0.4 is 5.32 Å². The number of rotatable bonds is 2. The van der Waals surface area contributed by atoms with E-state index in [1.807, 2.05) is 24.4 Å². The average molecular weight is 190 g/mol. The SMILES string of the molecule is [CH2-]N1CCC(Nc2ccccn2)CC1. The van der Waals surface area contributed by atoms with E-state index in [9.17, 15) is 0 Å². The molecule has 0 bridgehead atoms. The number of nitrogens with one attached hydrogen (secondary N) is 1. The molecule has 0 radical (unpaired) electrons. The van der Waals surface area contributed by atoms with Crippen molar-refractivity contribution in [1.29, 1.82) is 0 Å². The van der Waals surface area contributed by atoms with Crippen molar-refractivity contribution in [3.8, 4) is 0 Å². The van der Waals surface area contributed by atoms with Gasteiger partial charge in [0.05, 0.1) is 0 Å². The highest BCUT2D eigenvalue weighted by Crippen LogP contribution is 2.13. The molecule has 1 aromatic heterocycles. The van der Waals surface area contributed by atoms with E-state index < -0.39 is 0 Å². The molecule has 1 saturated heterocycles. The summed E-state index contributed by atoms with van der Waals surface area (Å²) in [4.78, 5) is 6.37. The van der Waals surface area contributed by atoms with Crippen molar-refractivity contribution in [2.24, 2.45) is 0 Å². The fourth-order valence-corrected chi connectivity index (χ4v) is 1.73. The summed E-state index contributed by atoms with van der Waals surface area (Å²) in [6.45, 7) is 2.15. The summed E-state index contributed by atoms with van der Waals surface area (Å²) in [5.74, 6) is 0.981. The molecule has 0 aliphatic carbocycles. The molecule has 0 amide bonds. The van der Waals surface area contributed by atoms with Crippen molar-refractivity contribution in [3.05, 3.63) is 31.4 Å². The minimum absolute atomic E-state index is 0.558. The van der Waals surface area contributed by atoms with Crippen molar-refractivity contribution in [2.75, 3.05) is 18.4 Å². The highest BCUT2D eigenvalue weighted by molar-refractivity contribution is 5.34. The lowest BCUT2D eigenvalue weighted by Gasteiger charge is -2.34. The van der Waals surface area contributed by atoms with Gasteiger partial charge < -0.3 is 10.2 Å². The molecule has 1 aromatic rings. The van der Waals surface area contributed by atoms with Crippen molar-refractivity contribution in [1.82, 2.24) is 9.88 Å². The first-order valence-electron chi connectivity index (χ1n) is 5.07. The van der Waals surface area contributed by atoms with Gasteiger partial charge in [0, 0.05) is 12.2 Å². The van der Waals surface area contributed by atoms with Gasteiger partial charge in [-0.1, -0.05) is 6.07 Å². The van der Waals surface area contributed by atoms with Crippen LogP contribution in [0.3, 0.4) is 0 Å². The fraction of sp³-hybridized carbons (Fsp3) is 0.455. The number of pyridine rings is 1. The lowest BCUT2D eigenvalue weighted by molar-refractivity contribution is 0.289. The second-order valence-electron chi connectivity index (χ2n) is 3.75. The monoisotopic (exact) mass is 190 g/mol. The van der Waals surface area contributed by atoms with Crippen LogP contribution in [0.15, 0.2) is 24.4 Å². The molecule has 0 spiro atoms. The fourth-order valence-electron chi connectivity index (χ4n) is 1.73. The van der Waals surface area contributed by atoms with Gasteiger partial charge in [-0.15, -0.1) is 0 Å². The molecule has 0 unspecified atom stereocenters. The summed E-state index contributed by atoms with van der Waals surface area (Å²) in [7, 11) is 3.93. The third-order valence-electron chi connectivity index (χ3n) is 2.60. The second-order valence-corrected chi connectivity index (χ2v) is 3.75. The Morgan fingerprint density at radius 2 is 2.14 bits per heavy atom. The maximum Gasteiger partial charge on any atom is 0.126 e. The van der Waals surface area contributed by atoms with Crippen LogP contribution in [0.4, 0.5) is 5.82 Å². The molecular weight excluding hydrogens is 174 g/mol. The van der Waals surface area contributed by atoms with Gasteiger partial charge in [-0.25, -0.2) is 4.98 Å². The maximum atomic E-state index is 4.25. The molecule has 76 valence electrons. The molecule has 1 N–H and O–H groups in total. The molecule has 1 aliphatic rings. The molecule has 0 atom stereocenters. The summed E-state index contributed by atoms with van der Waals surface area (Å²) in [5.41, 5.74) is 0. The number of hydrogen-bond donors (Lipinski definition) is 1. The molecular formula is C11H16N3-.